The van der Waals surface area contributed by atoms with Crippen LogP contribution in [0, 0.1) is 5.92 Å². The van der Waals surface area contributed by atoms with E-state index in [1.165, 1.54) is 7.11 Å². The zero-order valence-corrected chi connectivity index (χ0v) is 17.0. The molecule has 2 fully saturated rings. The molecule has 0 spiro atoms. The molecule has 1 heterocycles. The highest BCUT2D eigenvalue weighted by Gasteiger charge is 2.65. The number of rotatable bonds is 3. The van der Waals surface area contributed by atoms with Crippen molar-refractivity contribution in [2.24, 2.45) is 5.92 Å². The molecule has 0 amide bonds. The zero-order chi connectivity index (χ0) is 17.8. The van der Waals surface area contributed by atoms with Crippen LogP contribution < -0.4 is 0 Å². The monoisotopic (exact) mass is 344 g/mol. The van der Waals surface area contributed by atoms with Gasteiger partial charge in [-0.1, -0.05) is 20.8 Å². The second kappa shape index (κ2) is 5.54. The molecule has 0 radical (unpaired) electrons. The first-order valence-electron chi connectivity index (χ1n) is 8.37. The maximum Gasteiger partial charge on any atom is 0.311 e. The van der Waals surface area contributed by atoms with Gasteiger partial charge in [0.2, 0.25) is 0 Å². The first kappa shape index (κ1) is 18.9. The van der Waals surface area contributed by atoms with Crippen molar-refractivity contribution in [2.75, 3.05) is 7.11 Å². The summed E-state index contributed by atoms with van der Waals surface area (Å²) in [5.74, 6) is -1.34. The Kier molecular flexibility index (Phi) is 4.56. The summed E-state index contributed by atoms with van der Waals surface area (Å²) in [5, 5.41) is 0.0989. The summed E-state index contributed by atoms with van der Waals surface area (Å²) in [5.41, 5.74) is -0.705. The summed E-state index contributed by atoms with van der Waals surface area (Å²) in [6, 6.07) is 0. The highest BCUT2D eigenvalue weighted by Crippen LogP contribution is 2.52. The smallest absolute Gasteiger partial charge is 0.311 e. The lowest BCUT2D eigenvalue weighted by Gasteiger charge is -2.39. The third-order valence-corrected chi connectivity index (χ3v) is 10.2. The summed E-state index contributed by atoms with van der Waals surface area (Å²) in [7, 11) is -0.551. The fraction of sp³-hybridized carbons (Fsp3) is 0.941. The van der Waals surface area contributed by atoms with E-state index in [9.17, 15) is 4.79 Å². The lowest BCUT2D eigenvalue weighted by Crippen LogP contribution is -2.48. The van der Waals surface area contributed by atoms with Gasteiger partial charge in [0, 0.05) is 0 Å². The van der Waals surface area contributed by atoms with Gasteiger partial charge < -0.3 is 18.6 Å². The van der Waals surface area contributed by atoms with Crippen LogP contribution in [0.2, 0.25) is 18.1 Å². The zero-order valence-electron chi connectivity index (χ0n) is 16.0. The number of fused-ring (bicyclic) bond motifs is 1. The van der Waals surface area contributed by atoms with Crippen molar-refractivity contribution < 1.29 is 23.4 Å². The Morgan fingerprint density at radius 2 is 1.78 bits per heavy atom. The van der Waals surface area contributed by atoms with E-state index in [4.69, 9.17) is 18.6 Å². The molecule has 2 rings (SSSR count). The van der Waals surface area contributed by atoms with Crippen molar-refractivity contribution in [3.63, 3.8) is 0 Å². The van der Waals surface area contributed by atoms with Gasteiger partial charge in [-0.2, -0.15) is 0 Å². The summed E-state index contributed by atoms with van der Waals surface area (Å²) in [4.78, 5) is 12.3. The van der Waals surface area contributed by atoms with E-state index in [0.717, 1.165) is 0 Å². The normalized spacial score (nSPS) is 36.8. The minimum Gasteiger partial charge on any atom is -0.469 e. The maximum absolute atomic E-state index is 12.3. The quantitative estimate of drug-likeness (QED) is 0.579. The van der Waals surface area contributed by atoms with Crippen LogP contribution in [0.25, 0.3) is 0 Å². The molecule has 6 heteroatoms. The number of hydrogen-bond acceptors (Lipinski definition) is 5. The van der Waals surface area contributed by atoms with Crippen LogP contribution in [0.15, 0.2) is 0 Å². The lowest BCUT2D eigenvalue weighted by atomic mass is 9.91. The molecular formula is C17H32O5Si. The van der Waals surface area contributed by atoms with Gasteiger partial charge in [-0.25, -0.2) is 0 Å². The Hall–Kier alpha value is -0.433. The average Bonchev–Trinajstić information content (AvgIpc) is 2.75. The van der Waals surface area contributed by atoms with Crippen molar-refractivity contribution >= 4 is 14.3 Å². The number of hydrogen-bond donors (Lipinski definition) is 0. The molecular weight excluding hydrogens is 312 g/mol. The summed E-state index contributed by atoms with van der Waals surface area (Å²) in [6.45, 7) is 16.8. The van der Waals surface area contributed by atoms with Gasteiger partial charge in [0.25, 0.3) is 0 Å². The number of esters is 1. The third kappa shape index (κ3) is 3.23. The Morgan fingerprint density at radius 3 is 2.26 bits per heavy atom. The molecule has 0 bridgehead atoms. The lowest BCUT2D eigenvalue weighted by molar-refractivity contribution is -0.186. The van der Waals surface area contributed by atoms with Crippen LogP contribution in [0.3, 0.4) is 0 Å². The summed E-state index contributed by atoms with van der Waals surface area (Å²) in [6.07, 6.45) is 0.179. The molecule has 0 N–H and O–H groups in total. The van der Waals surface area contributed by atoms with Crippen molar-refractivity contribution in [2.45, 2.75) is 89.7 Å². The predicted molar refractivity (Wildman–Crippen MR) is 90.6 cm³/mol. The number of carbonyl (C=O) groups excluding carboxylic acids is 1. The third-order valence-electron chi connectivity index (χ3n) is 5.68. The second-order valence-corrected chi connectivity index (χ2v) is 13.7. The van der Waals surface area contributed by atoms with E-state index < -0.39 is 19.7 Å². The van der Waals surface area contributed by atoms with Gasteiger partial charge in [-0.3, -0.25) is 4.79 Å². The van der Waals surface area contributed by atoms with E-state index in [0.29, 0.717) is 6.42 Å². The van der Waals surface area contributed by atoms with Crippen LogP contribution in [0.5, 0.6) is 0 Å². The Bertz CT molecular complexity index is 482. The average molecular weight is 345 g/mol. The SMILES string of the molecule is COC(=O)[C@H]1C[C@@H](O[Si](C)(C)C(C)(C)C)[C@@H]2OC(C)(C)O[C@]12C. The minimum absolute atomic E-state index is 0.0989. The molecule has 1 saturated heterocycles. The van der Waals surface area contributed by atoms with Crippen LogP contribution in [0.1, 0.15) is 48.0 Å². The molecule has 0 aromatic heterocycles. The van der Waals surface area contributed by atoms with Crippen molar-refractivity contribution in [3.8, 4) is 0 Å². The topological polar surface area (TPSA) is 54.0 Å². The van der Waals surface area contributed by atoms with E-state index in [1.54, 1.807) is 0 Å². The van der Waals surface area contributed by atoms with Gasteiger partial charge in [0.15, 0.2) is 14.1 Å². The molecule has 0 aromatic carbocycles. The molecule has 1 saturated carbocycles. The van der Waals surface area contributed by atoms with Crippen LogP contribution in [0.4, 0.5) is 0 Å². The van der Waals surface area contributed by atoms with Crippen LogP contribution in [-0.2, 0) is 23.4 Å². The summed E-state index contributed by atoms with van der Waals surface area (Å²) < 4.78 is 23.9. The first-order chi connectivity index (χ1) is 10.2. The number of methoxy groups -OCH3 is 1. The molecule has 4 atom stereocenters. The highest BCUT2D eigenvalue weighted by atomic mass is 28.4. The highest BCUT2D eigenvalue weighted by molar-refractivity contribution is 6.74. The number of carbonyl (C=O) groups is 1. The Balaban J connectivity index is 2.31. The van der Waals surface area contributed by atoms with Gasteiger partial charge in [0.1, 0.15) is 11.7 Å². The molecule has 0 unspecified atom stereocenters. The van der Waals surface area contributed by atoms with E-state index in [-0.39, 0.29) is 29.1 Å². The largest absolute Gasteiger partial charge is 0.469 e. The fourth-order valence-corrected chi connectivity index (χ4v) is 4.81. The van der Waals surface area contributed by atoms with Gasteiger partial charge in [-0.15, -0.1) is 0 Å². The van der Waals surface area contributed by atoms with Gasteiger partial charge in [0.05, 0.1) is 19.1 Å². The predicted octanol–water partition coefficient (Wildman–Crippen LogP) is 3.48. The van der Waals surface area contributed by atoms with Crippen LogP contribution in [-0.4, -0.2) is 45.0 Å². The first-order valence-corrected chi connectivity index (χ1v) is 11.3. The Morgan fingerprint density at radius 1 is 1.22 bits per heavy atom. The molecule has 5 nitrogen and oxygen atoms in total. The van der Waals surface area contributed by atoms with Crippen molar-refractivity contribution in [1.82, 2.24) is 0 Å². The molecule has 1 aliphatic heterocycles. The van der Waals surface area contributed by atoms with E-state index in [1.807, 2.05) is 20.8 Å². The standard InChI is InChI=1S/C17H32O5Si/c1-15(2,3)23(8,9)21-12-10-11(14(18)19-7)17(6)13(12)20-16(4,5)22-17/h11-13H,10H2,1-9H3/t11-,12-,13+,17-/m1/s1. The van der Waals surface area contributed by atoms with Crippen molar-refractivity contribution in [1.29, 1.82) is 0 Å². The summed E-state index contributed by atoms with van der Waals surface area (Å²) >= 11 is 0. The van der Waals surface area contributed by atoms with Crippen LogP contribution >= 0.6 is 0 Å². The van der Waals surface area contributed by atoms with Crippen molar-refractivity contribution in [3.05, 3.63) is 0 Å². The maximum atomic E-state index is 12.3. The van der Waals surface area contributed by atoms with Gasteiger partial charge >= 0.3 is 5.97 Å². The van der Waals surface area contributed by atoms with Gasteiger partial charge in [-0.05, 0) is 45.3 Å². The molecule has 134 valence electrons. The molecule has 2 aliphatic rings. The molecule has 1 aliphatic carbocycles. The molecule has 23 heavy (non-hydrogen) atoms. The second-order valence-electron chi connectivity index (χ2n) is 8.95. The minimum atomic E-state index is -1.97. The molecule has 0 aromatic rings. The van der Waals surface area contributed by atoms with E-state index in [2.05, 4.69) is 33.9 Å². The fourth-order valence-electron chi connectivity index (χ4n) is 3.48. The number of ether oxygens (including phenoxy) is 3. The van der Waals surface area contributed by atoms with E-state index >= 15 is 0 Å². The Labute approximate surface area is 141 Å².